The molecule has 2 aromatic heterocycles. The lowest BCUT2D eigenvalue weighted by Crippen LogP contribution is -2.12. The van der Waals surface area contributed by atoms with Gasteiger partial charge < -0.3 is 10.2 Å². The highest BCUT2D eigenvalue weighted by molar-refractivity contribution is 5.67. The van der Waals surface area contributed by atoms with Crippen LogP contribution in [0.15, 0.2) is 16.5 Å². The molecule has 16 heavy (non-hydrogen) atoms. The van der Waals surface area contributed by atoms with Crippen LogP contribution in [0.2, 0.25) is 0 Å². The Morgan fingerprint density at radius 3 is 2.88 bits per heavy atom. The maximum absolute atomic E-state index is 5.72. The van der Waals surface area contributed by atoms with E-state index in [0.717, 1.165) is 30.0 Å². The number of aromatic nitrogens is 2. The smallest absolute Gasteiger partial charge is 0.201 e. The molecule has 4 heteroatoms. The first-order valence-corrected chi connectivity index (χ1v) is 5.68. The summed E-state index contributed by atoms with van der Waals surface area (Å²) in [4.78, 5) is 8.73. The van der Waals surface area contributed by atoms with Crippen LogP contribution in [0.3, 0.4) is 0 Å². The van der Waals surface area contributed by atoms with Gasteiger partial charge in [0.1, 0.15) is 0 Å². The summed E-state index contributed by atoms with van der Waals surface area (Å²) in [6, 6.07) is 3.84. The van der Waals surface area contributed by atoms with Crippen molar-refractivity contribution in [2.45, 2.75) is 32.6 Å². The summed E-state index contributed by atoms with van der Waals surface area (Å²) in [6.07, 6.45) is 2.08. The Bertz CT molecular complexity index is 478. The molecule has 0 aliphatic heterocycles. The lowest BCUT2D eigenvalue weighted by molar-refractivity contribution is 0.453. The average Bonchev–Trinajstić information content (AvgIpc) is 2.68. The molecule has 4 nitrogen and oxygen atoms in total. The molecule has 2 aromatic rings. The van der Waals surface area contributed by atoms with E-state index in [-0.39, 0.29) is 5.92 Å². The Balaban J connectivity index is 2.37. The predicted octanol–water partition coefficient (Wildman–Crippen LogP) is 2.37. The third kappa shape index (κ3) is 2.07. The van der Waals surface area contributed by atoms with Crippen LogP contribution in [-0.2, 0) is 0 Å². The molecule has 2 rings (SSSR count). The van der Waals surface area contributed by atoms with E-state index in [1.807, 2.05) is 19.1 Å². The highest BCUT2D eigenvalue weighted by Crippen LogP contribution is 2.23. The van der Waals surface area contributed by atoms with Crippen molar-refractivity contribution in [3.63, 3.8) is 0 Å². The van der Waals surface area contributed by atoms with Crippen LogP contribution in [0.25, 0.3) is 11.2 Å². The SMILES string of the molecule is CCCC(CN)c1nc2nc(C)ccc2o1. The lowest BCUT2D eigenvalue weighted by atomic mass is 10.0. The van der Waals surface area contributed by atoms with Gasteiger partial charge in [0.15, 0.2) is 11.2 Å². The first-order valence-electron chi connectivity index (χ1n) is 5.68. The summed E-state index contributed by atoms with van der Waals surface area (Å²) in [5.74, 6) is 0.928. The first kappa shape index (κ1) is 11.1. The number of rotatable bonds is 4. The number of nitrogens with zero attached hydrogens (tertiary/aromatic N) is 2. The first-order chi connectivity index (χ1) is 7.74. The van der Waals surface area contributed by atoms with Crippen molar-refractivity contribution in [2.24, 2.45) is 5.73 Å². The molecule has 86 valence electrons. The van der Waals surface area contributed by atoms with Gasteiger partial charge >= 0.3 is 0 Å². The molecule has 0 saturated heterocycles. The minimum Gasteiger partial charge on any atom is -0.439 e. The van der Waals surface area contributed by atoms with E-state index in [1.165, 1.54) is 0 Å². The minimum atomic E-state index is 0.208. The molecule has 0 aromatic carbocycles. The van der Waals surface area contributed by atoms with E-state index in [4.69, 9.17) is 10.2 Å². The van der Waals surface area contributed by atoms with Crippen LogP contribution in [0, 0.1) is 6.92 Å². The Hall–Kier alpha value is -1.42. The Labute approximate surface area is 94.9 Å². The monoisotopic (exact) mass is 219 g/mol. The van der Waals surface area contributed by atoms with Crippen LogP contribution in [0.4, 0.5) is 0 Å². The zero-order valence-corrected chi connectivity index (χ0v) is 9.73. The van der Waals surface area contributed by atoms with Gasteiger partial charge in [-0.3, -0.25) is 0 Å². The molecule has 0 radical (unpaired) electrons. The topological polar surface area (TPSA) is 64.9 Å². The van der Waals surface area contributed by atoms with Crippen LogP contribution >= 0.6 is 0 Å². The average molecular weight is 219 g/mol. The molecular formula is C12H17N3O. The van der Waals surface area contributed by atoms with E-state index in [0.29, 0.717) is 12.2 Å². The predicted molar refractivity (Wildman–Crippen MR) is 63.2 cm³/mol. The molecule has 2 N–H and O–H groups in total. The fourth-order valence-corrected chi connectivity index (χ4v) is 1.80. The third-order valence-corrected chi connectivity index (χ3v) is 2.68. The van der Waals surface area contributed by atoms with Crippen LogP contribution in [-0.4, -0.2) is 16.5 Å². The summed E-state index contributed by atoms with van der Waals surface area (Å²) in [7, 11) is 0. The Kier molecular flexibility index (Phi) is 3.19. The summed E-state index contributed by atoms with van der Waals surface area (Å²) < 4.78 is 5.68. The molecule has 0 spiro atoms. The second kappa shape index (κ2) is 4.61. The zero-order chi connectivity index (χ0) is 11.5. The van der Waals surface area contributed by atoms with Crippen LogP contribution < -0.4 is 5.73 Å². The van der Waals surface area contributed by atoms with Gasteiger partial charge in [0.25, 0.3) is 0 Å². The van der Waals surface area contributed by atoms with Gasteiger partial charge in [-0.25, -0.2) is 4.98 Å². The van der Waals surface area contributed by atoms with Gasteiger partial charge in [-0.05, 0) is 25.5 Å². The van der Waals surface area contributed by atoms with Crippen LogP contribution in [0.5, 0.6) is 0 Å². The van der Waals surface area contributed by atoms with E-state index in [9.17, 15) is 0 Å². The normalized spacial score (nSPS) is 13.2. The summed E-state index contributed by atoms with van der Waals surface area (Å²) in [5.41, 5.74) is 8.10. The molecule has 1 atom stereocenters. The summed E-state index contributed by atoms with van der Waals surface area (Å²) >= 11 is 0. The number of aryl methyl sites for hydroxylation is 1. The fourth-order valence-electron chi connectivity index (χ4n) is 1.80. The van der Waals surface area contributed by atoms with Gasteiger partial charge in [-0.1, -0.05) is 13.3 Å². The number of nitrogens with two attached hydrogens (primary N) is 1. The number of pyridine rings is 1. The molecule has 0 bridgehead atoms. The van der Waals surface area contributed by atoms with Crippen molar-refractivity contribution in [2.75, 3.05) is 6.54 Å². The van der Waals surface area contributed by atoms with E-state index in [2.05, 4.69) is 16.9 Å². The summed E-state index contributed by atoms with van der Waals surface area (Å²) in [5, 5.41) is 0. The molecule has 0 aliphatic rings. The van der Waals surface area contributed by atoms with Gasteiger partial charge in [-0.15, -0.1) is 0 Å². The van der Waals surface area contributed by atoms with Crippen molar-refractivity contribution < 1.29 is 4.42 Å². The number of hydrogen-bond donors (Lipinski definition) is 1. The van der Waals surface area contributed by atoms with E-state index >= 15 is 0 Å². The van der Waals surface area contributed by atoms with Crippen molar-refractivity contribution in [1.29, 1.82) is 0 Å². The van der Waals surface area contributed by atoms with Crippen molar-refractivity contribution >= 4 is 11.2 Å². The standard InChI is InChI=1S/C12H17N3O/c1-3-4-9(7-13)12-15-11-10(16-12)6-5-8(2)14-11/h5-6,9H,3-4,7,13H2,1-2H3. The van der Waals surface area contributed by atoms with Gasteiger partial charge in [0.2, 0.25) is 5.89 Å². The lowest BCUT2D eigenvalue weighted by Gasteiger charge is -2.07. The second-order valence-corrected chi connectivity index (χ2v) is 4.05. The van der Waals surface area contributed by atoms with Gasteiger partial charge in [0.05, 0.1) is 0 Å². The Morgan fingerprint density at radius 2 is 2.19 bits per heavy atom. The van der Waals surface area contributed by atoms with Crippen LogP contribution in [0.1, 0.15) is 37.3 Å². The molecular weight excluding hydrogens is 202 g/mol. The molecule has 0 aliphatic carbocycles. The second-order valence-electron chi connectivity index (χ2n) is 4.05. The molecule has 0 amide bonds. The quantitative estimate of drug-likeness (QED) is 0.857. The number of fused-ring (bicyclic) bond motifs is 1. The van der Waals surface area contributed by atoms with E-state index in [1.54, 1.807) is 0 Å². The number of oxazole rings is 1. The zero-order valence-electron chi connectivity index (χ0n) is 9.73. The van der Waals surface area contributed by atoms with Gasteiger partial charge in [0, 0.05) is 18.2 Å². The van der Waals surface area contributed by atoms with Gasteiger partial charge in [-0.2, -0.15) is 4.98 Å². The molecule has 0 fully saturated rings. The largest absolute Gasteiger partial charge is 0.439 e. The maximum atomic E-state index is 5.72. The summed E-state index contributed by atoms with van der Waals surface area (Å²) in [6.45, 7) is 4.65. The molecule has 2 heterocycles. The molecule has 0 saturated carbocycles. The van der Waals surface area contributed by atoms with Crippen molar-refractivity contribution in [3.05, 3.63) is 23.7 Å². The van der Waals surface area contributed by atoms with Crippen molar-refractivity contribution in [3.8, 4) is 0 Å². The maximum Gasteiger partial charge on any atom is 0.201 e. The minimum absolute atomic E-state index is 0.208. The highest BCUT2D eigenvalue weighted by Gasteiger charge is 2.16. The van der Waals surface area contributed by atoms with Crippen molar-refractivity contribution in [1.82, 2.24) is 9.97 Å². The number of hydrogen-bond acceptors (Lipinski definition) is 4. The Morgan fingerprint density at radius 1 is 1.38 bits per heavy atom. The third-order valence-electron chi connectivity index (χ3n) is 2.68. The molecule has 1 unspecified atom stereocenters. The van der Waals surface area contributed by atoms with E-state index < -0.39 is 0 Å². The highest BCUT2D eigenvalue weighted by atomic mass is 16.3. The fraction of sp³-hybridized carbons (Fsp3) is 0.500.